The predicted octanol–water partition coefficient (Wildman–Crippen LogP) is 4.80. The van der Waals surface area contributed by atoms with Gasteiger partial charge in [-0.2, -0.15) is 5.26 Å². The molecule has 0 aromatic heterocycles. The first kappa shape index (κ1) is 15.8. The first-order chi connectivity index (χ1) is 9.16. The highest BCUT2D eigenvalue weighted by Gasteiger charge is 2.50. The number of hydrogen-bond acceptors (Lipinski definition) is 2. The molecule has 1 aliphatic heterocycles. The minimum atomic E-state index is -0.0500. The summed E-state index contributed by atoms with van der Waals surface area (Å²) < 4.78 is 5.30. The minimum Gasteiger partial charge on any atom is -0.381 e. The van der Waals surface area contributed by atoms with Crippen molar-refractivity contribution in [3.63, 3.8) is 0 Å². The first-order valence-electron chi connectivity index (χ1n) is 8.15. The quantitative estimate of drug-likeness (QED) is 0.723. The van der Waals surface area contributed by atoms with Gasteiger partial charge in [0.1, 0.15) is 0 Å². The van der Waals surface area contributed by atoms with Crippen molar-refractivity contribution in [2.75, 3.05) is 13.2 Å². The van der Waals surface area contributed by atoms with Crippen LogP contribution in [0.25, 0.3) is 0 Å². The van der Waals surface area contributed by atoms with Crippen LogP contribution in [0, 0.1) is 39.4 Å². The molecule has 1 saturated heterocycles. The molecule has 1 aliphatic carbocycles. The van der Waals surface area contributed by atoms with Crippen LogP contribution >= 0.6 is 0 Å². The van der Waals surface area contributed by atoms with Gasteiger partial charge in [0.25, 0.3) is 0 Å². The first-order valence-corrected chi connectivity index (χ1v) is 8.15. The lowest BCUT2D eigenvalue weighted by Gasteiger charge is -2.50. The molecule has 2 nitrogen and oxygen atoms in total. The van der Waals surface area contributed by atoms with Crippen LogP contribution in [0.5, 0.6) is 0 Å². The highest BCUT2D eigenvalue weighted by molar-refractivity contribution is 5.11. The van der Waals surface area contributed by atoms with E-state index in [2.05, 4.69) is 40.7 Å². The molecule has 0 amide bonds. The third-order valence-corrected chi connectivity index (χ3v) is 5.14. The van der Waals surface area contributed by atoms with Gasteiger partial charge in [-0.15, -0.1) is 0 Å². The van der Waals surface area contributed by atoms with E-state index in [0.29, 0.717) is 11.3 Å². The molecular weight excluding hydrogens is 246 g/mol. The molecule has 0 aromatic carbocycles. The summed E-state index contributed by atoms with van der Waals surface area (Å²) in [5, 5.41) is 9.74. The van der Waals surface area contributed by atoms with E-state index >= 15 is 0 Å². The molecule has 0 radical (unpaired) electrons. The lowest BCUT2D eigenvalue weighted by molar-refractivity contribution is -0.0611. The maximum absolute atomic E-state index is 9.74. The number of hydrogen-bond donors (Lipinski definition) is 0. The summed E-state index contributed by atoms with van der Waals surface area (Å²) in [6, 6.07) is 2.70. The summed E-state index contributed by atoms with van der Waals surface area (Å²) in [5.41, 5.74) is 0.547. The summed E-state index contributed by atoms with van der Waals surface area (Å²) in [6.07, 6.45) is 5.85. The molecule has 0 bridgehead atoms. The summed E-state index contributed by atoms with van der Waals surface area (Å²) >= 11 is 0. The zero-order valence-electron chi connectivity index (χ0n) is 14.0. The number of nitriles is 1. The Hall–Kier alpha value is -0.550. The maximum atomic E-state index is 9.74. The monoisotopic (exact) mass is 277 g/mol. The van der Waals surface area contributed by atoms with E-state index in [0.717, 1.165) is 32.0 Å². The van der Waals surface area contributed by atoms with E-state index in [1.165, 1.54) is 19.3 Å². The Morgan fingerprint density at radius 1 is 1.15 bits per heavy atom. The molecule has 2 unspecified atom stereocenters. The molecule has 2 atom stereocenters. The Balaban J connectivity index is 1.96. The van der Waals surface area contributed by atoms with Gasteiger partial charge in [0.2, 0.25) is 0 Å². The molecule has 1 saturated carbocycles. The lowest BCUT2D eigenvalue weighted by Crippen LogP contribution is -2.44. The van der Waals surface area contributed by atoms with Crippen molar-refractivity contribution in [2.45, 2.75) is 66.7 Å². The van der Waals surface area contributed by atoms with Crippen LogP contribution in [0.4, 0.5) is 0 Å². The van der Waals surface area contributed by atoms with Crippen LogP contribution in [0.15, 0.2) is 0 Å². The molecule has 0 aromatic rings. The minimum absolute atomic E-state index is 0.0500. The van der Waals surface area contributed by atoms with E-state index < -0.39 is 0 Å². The fraction of sp³-hybridized carbons (Fsp3) is 0.944. The fourth-order valence-corrected chi connectivity index (χ4v) is 4.29. The van der Waals surface area contributed by atoms with Crippen molar-refractivity contribution < 1.29 is 4.74 Å². The second kappa shape index (κ2) is 5.34. The molecule has 2 rings (SSSR count). The molecule has 2 fully saturated rings. The van der Waals surface area contributed by atoms with Crippen molar-refractivity contribution in [3.05, 3.63) is 0 Å². The van der Waals surface area contributed by atoms with Crippen LogP contribution in [-0.2, 0) is 4.74 Å². The van der Waals surface area contributed by atoms with Gasteiger partial charge in [0.15, 0.2) is 0 Å². The van der Waals surface area contributed by atoms with Crippen molar-refractivity contribution >= 4 is 0 Å². The summed E-state index contributed by atoms with van der Waals surface area (Å²) in [5.74, 6) is 1.35. The zero-order chi connectivity index (χ0) is 15.0. The average molecular weight is 277 g/mol. The molecule has 20 heavy (non-hydrogen) atoms. The van der Waals surface area contributed by atoms with Crippen molar-refractivity contribution in [3.8, 4) is 6.07 Å². The third kappa shape index (κ3) is 3.55. The number of ether oxygens (including phenoxy) is 1. The van der Waals surface area contributed by atoms with Gasteiger partial charge in [-0.25, -0.2) is 0 Å². The van der Waals surface area contributed by atoms with E-state index in [9.17, 15) is 5.26 Å². The van der Waals surface area contributed by atoms with Gasteiger partial charge in [0, 0.05) is 5.92 Å². The molecule has 1 heterocycles. The molecule has 0 N–H and O–H groups in total. The second-order valence-corrected chi connectivity index (χ2v) is 9.22. The largest absolute Gasteiger partial charge is 0.381 e. The van der Waals surface area contributed by atoms with Gasteiger partial charge in [-0.1, -0.05) is 34.6 Å². The van der Waals surface area contributed by atoms with Gasteiger partial charge >= 0.3 is 0 Å². The Kier molecular flexibility index (Phi) is 4.22. The van der Waals surface area contributed by atoms with Gasteiger partial charge < -0.3 is 4.74 Å². The van der Waals surface area contributed by atoms with Gasteiger partial charge in [-0.3, -0.25) is 0 Å². The Bertz CT molecular complexity index is 383. The summed E-state index contributed by atoms with van der Waals surface area (Å²) in [4.78, 5) is 0. The van der Waals surface area contributed by atoms with Crippen molar-refractivity contribution in [1.29, 1.82) is 5.26 Å². The normalized spacial score (nSPS) is 31.3. The Morgan fingerprint density at radius 3 is 2.15 bits per heavy atom. The molecule has 2 heteroatoms. The molecular formula is C18H31NO. The van der Waals surface area contributed by atoms with E-state index in [-0.39, 0.29) is 10.8 Å². The average Bonchev–Trinajstić information content (AvgIpc) is 2.26. The Morgan fingerprint density at radius 2 is 1.80 bits per heavy atom. The number of rotatable bonds is 5. The van der Waals surface area contributed by atoms with Gasteiger partial charge in [-0.05, 0) is 48.9 Å². The van der Waals surface area contributed by atoms with Crippen LogP contribution < -0.4 is 0 Å². The maximum Gasteiger partial charge on any atom is 0.0692 e. The highest BCUT2D eigenvalue weighted by Crippen LogP contribution is 2.57. The predicted molar refractivity (Wildman–Crippen MR) is 82.2 cm³/mol. The van der Waals surface area contributed by atoms with Crippen LogP contribution in [0.2, 0.25) is 0 Å². The van der Waals surface area contributed by atoms with Crippen LogP contribution in [0.1, 0.15) is 66.7 Å². The van der Waals surface area contributed by atoms with Crippen LogP contribution in [0.3, 0.4) is 0 Å². The van der Waals surface area contributed by atoms with Crippen molar-refractivity contribution in [1.82, 2.24) is 0 Å². The topological polar surface area (TPSA) is 33.0 Å². The summed E-state index contributed by atoms with van der Waals surface area (Å²) in [6.45, 7) is 13.4. The zero-order valence-corrected chi connectivity index (χ0v) is 14.0. The molecule has 2 aliphatic rings. The highest BCUT2D eigenvalue weighted by atomic mass is 16.5. The fourth-order valence-electron chi connectivity index (χ4n) is 4.29. The van der Waals surface area contributed by atoms with E-state index in [1.807, 2.05) is 0 Å². The number of nitrogens with zero attached hydrogens (tertiary/aromatic N) is 1. The standard InChI is InChI=1S/C18H31NO/c1-16(2,3)12-18(13-19)7-6-15(18)9-17(4,5)8-14-10-20-11-14/h14-15H,6-12H2,1-5H3. The molecule has 114 valence electrons. The van der Waals surface area contributed by atoms with Crippen LogP contribution in [-0.4, -0.2) is 13.2 Å². The summed E-state index contributed by atoms with van der Waals surface area (Å²) in [7, 11) is 0. The smallest absolute Gasteiger partial charge is 0.0692 e. The van der Waals surface area contributed by atoms with Gasteiger partial charge in [0.05, 0.1) is 24.7 Å². The van der Waals surface area contributed by atoms with E-state index in [4.69, 9.17) is 4.74 Å². The van der Waals surface area contributed by atoms with E-state index in [1.54, 1.807) is 0 Å². The third-order valence-electron chi connectivity index (χ3n) is 5.14. The Labute approximate surface area is 124 Å². The SMILES string of the molecule is CC(C)(C)CC1(C#N)CCC1CC(C)(C)CC1COC1. The van der Waals surface area contributed by atoms with Crippen molar-refractivity contribution in [2.24, 2.45) is 28.1 Å². The lowest BCUT2D eigenvalue weighted by atomic mass is 9.52. The molecule has 0 spiro atoms. The second-order valence-electron chi connectivity index (χ2n) is 9.22.